The first-order valence-corrected chi connectivity index (χ1v) is 15.2. The molecule has 0 N–H and O–H groups in total. The Bertz CT molecular complexity index is 1980. The fourth-order valence-electron chi connectivity index (χ4n) is 4.70. The molecule has 0 bridgehead atoms. The standard InChI is InChI=1S/C31H25F6N3O4S/c1-17-38-28(31(35,36)37)16-40(17)26-9-7-20(19-5-4-6-23(11-19)45(3,41)42)12-24(26)29-30(43-18(2)39-29)21-8-10-27(25(34)13-21)44-22(14-32)15-33/h4-13,16,22H,14-15H2,1-3H3. The van der Waals surface area contributed by atoms with E-state index in [-0.39, 0.29) is 50.6 Å². The van der Waals surface area contributed by atoms with Crippen LogP contribution in [-0.2, 0) is 16.0 Å². The molecule has 5 rings (SSSR count). The van der Waals surface area contributed by atoms with Crippen LogP contribution in [0, 0.1) is 19.7 Å². The van der Waals surface area contributed by atoms with Crippen molar-refractivity contribution in [1.29, 1.82) is 0 Å². The summed E-state index contributed by atoms with van der Waals surface area (Å²) in [4.78, 5) is 8.20. The molecule has 0 fully saturated rings. The monoisotopic (exact) mass is 649 g/mol. The predicted octanol–water partition coefficient (Wildman–Crippen LogP) is 7.73. The SMILES string of the molecule is Cc1nc(-c2cc(-c3cccc(S(C)(=O)=O)c3)ccc2-n2cc(C(F)(F)F)nc2C)c(-c2ccc(OC(CF)CF)c(F)c2)o1. The molecule has 45 heavy (non-hydrogen) atoms. The van der Waals surface area contributed by atoms with E-state index in [1.807, 2.05) is 0 Å². The molecule has 0 amide bonds. The van der Waals surface area contributed by atoms with E-state index in [1.54, 1.807) is 24.3 Å². The fraction of sp³-hybridized carbons (Fsp3) is 0.226. The molecule has 2 aromatic heterocycles. The molecular formula is C31H25F6N3O4S. The molecule has 7 nitrogen and oxygen atoms in total. The Hall–Kier alpha value is -4.59. The molecule has 0 atom stereocenters. The highest BCUT2D eigenvalue weighted by atomic mass is 32.2. The van der Waals surface area contributed by atoms with Gasteiger partial charge in [-0.05, 0) is 60.5 Å². The number of hydrogen-bond donors (Lipinski definition) is 0. The van der Waals surface area contributed by atoms with Crippen LogP contribution in [0.15, 0.2) is 76.2 Å². The third-order valence-electron chi connectivity index (χ3n) is 6.85. The van der Waals surface area contributed by atoms with Crippen molar-refractivity contribution in [3.05, 3.63) is 90.1 Å². The van der Waals surface area contributed by atoms with Crippen LogP contribution in [0.3, 0.4) is 0 Å². The van der Waals surface area contributed by atoms with Crippen LogP contribution in [0.5, 0.6) is 5.75 Å². The van der Waals surface area contributed by atoms with Crippen LogP contribution >= 0.6 is 0 Å². The van der Waals surface area contributed by atoms with Gasteiger partial charge in [0, 0.05) is 30.5 Å². The van der Waals surface area contributed by atoms with Gasteiger partial charge in [0.1, 0.15) is 24.9 Å². The normalized spacial score (nSPS) is 12.2. The summed E-state index contributed by atoms with van der Waals surface area (Å²) >= 11 is 0. The van der Waals surface area contributed by atoms with Crippen molar-refractivity contribution in [2.45, 2.75) is 31.0 Å². The van der Waals surface area contributed by atoms with Crippen LogP contribution in [0.4, 0.5) is 26.3 Å². The predicted molar refractivity (Wildman–Crippen MR) is 154 cm³/mol. The number of halogens is 6. The summed E-state index contributed by atoms with van der Waals surface area (Å²) in [6, 6.07) is 14.5. The first-order valence-electron chi connectivity index (χ1n) is 13.3. The van der Waals surface area contributed by atoms with E-state index in [2.05, 4.69) is 9.97 Å². The molecule has 0 aliphatic heterocycles. The van der Waals surface area contributed by atoms with Crippen molar-refractivity contribution in [3.8, 4) is 45.1 Å². The molecule has 0 unspecified atom stereocenters. The van der Waals surface area contributed by atoms with Crippen LogP contribution in [-0.4, -0.2) is 48.7 Å². The third kappa shape index (κ3) is 6.60. The Kier molecular flexibility index (Phi) is 8.53. The van der Waals surface area contributed by atoms with E-state index in [0.29, 0.717) is 11.1 Å². The Labute approximate surface area is 254 Å². The largest absolute Gasteiger partial charge is 0.482 e. The molecule has 0 spiro atoms. The van der Waals surface area contributed by atoms with Crippen LogP contribution in [0.2, 0.25) is 0 Å². The van der Waals surface area contributed by atoms with Crippen LogP contribution < -0.4 is 4.74 Å². The summed E-state index contributed by atoms with van der Waals surface area (Å²) in [5.74, 6) is -1.13. The lowest BCUT2D eigenvalue weighted by Gasteiger charge is -2.15. The zero-order valence-corrected chi connectivity index (χ0v) is 24.8. The number of oxazole rings is 1. The first-order chi connectivity index (χ1) is 21.2. The van der Waals surface area contributed by atoms with E-state index in [0.717, 1.165) is 18.5 Å². The highest BCUT2D eigenvalue weighted by Crippen LogP contribution is 2.40. The minimum absolute atomic E-state index is 0.0139. The molecule has 2 heterocycles. The second-order valence-electron chi connectivity index (χ2n) is 10.2. The molecule has 0 aliphatic carbocycles. The Morgan fingerprint density at radius 1 is 0.933 bits per heavy atom. The highest BCUT2D eigenvalue weighted by molar-refractivity contribution is 7.90. The Morgan fingerprint density at radius 3 is 2.24 bits per heavy atom. The van der Waals surface area contributed by atoms with E-state index in [9.17, 15) is 30.4 Å². The number of imidazole rings is 1. The van der Waals surface area contributed by atoms with Gasteiger partial charge in [-0.3, -0.25) is 0 Å². The molecule has 0 saturated carbocycles. The smallest absolute Gasteiger partial charge is 0.434 e. The Balaban J connectivity index is 1.72. The molecule has 5 aromatic rings. The summed E-state index contributed by atoms with van der Waals surface area (Å²) in [5.41, 5.74) is 0.637. The molecule has 0 radical (unpaired) electrons. The average Bonchev–Trinajstić information content (AvgIpc) is 3.58. The number of aromatic nitrogens is 3. The van der Waals surface area contributed by atoms with E-state index in [1.165, 1.54) is 48.7 Å². The van der Waals surface area contributed by atoms with Crippen molar-refractivity contribution in [2.24, 2.45) is 0 Å². The van der Waals surface area contributed by atoms with Crippen LogP contribution in [0.25, 0.3) is 39.4 Å². The molecular weight excluding hydrogens is 624 g/mol. The summed E-state index contributed by atoms with van der Waals surface area (Å²) in [6.45, 7) is 0.586. The number of rotatable bonds is 9. The van der Waals surface area contributed by atoms with E-state index >= 15 is 4.39 Å². The van der Waals surface area contributed by atoms with Gasteiger partial charge in [0.15, 0.2) is 44.9 Å². The van der Waals surface area contributed by atoms with Gasteiger partial charge in [-0.1, -0.05) is 18.2 Å². The second kappa shape index (κ2) is 12.1. The van der Waals surface area contributed by atoms with Crippen molar-refractivity contribution >= 4 is 9.84 Å². The van der Waals surface area contributed by atoms with Crippen molar-refractivity contribution < 1.29 is 43.9 Å². The van der Waals surface area contributed by atoms with E-state index in [4.69, 9.17) is 9.15 Å². The topological polar surface area (TPSA) is 87.2 Å². The van der Waals surface area contributed by atoms with Crippen molar-refractivity contribution in [1.82, 2.24) is 14.5 Å². The van der Waals surface area contributed by atoms with Crippen molar-refractivity contribution in [2.75, 3.05) is 19.6 Å². The molecule has 0 saturated heterocycles. The quantitative estimate of drug-likeness (QED) is 0.152. The summed E-state index contributed by atoms with van der Waals surface area (Å²) in [5, 5.41) is 0. The number of alkyl halides is 5. The Morgan fingerprint density at radius 2 is 1.62 bits per heavy atom. The summed E-state index contributed by atoms with van der Waals surface area (Å²) in [6.07, 6.45) is -4.30. The van der Waals surface area contributed by atoms with Gasteiger partial charge in [-0.15, -0.1) is 0 Å². The fourth-order valence-corrected chi connectivity index (χ4v) is 5.37. The highest BCUT2D eigenvalue weighted by Gasteiger charge is 2.35. The minimum Gasteiger partial charge on any atom is -0.482 e. The zero-order valence-electron chi connectivity index (χ0n) is 24.0. The maximum atomic E-state index is 15.0. The second-order valence-corrected chi connectivity index (χ2v) is 12.2. The number of aryl methyl sites for hydroxylation is 2. The van der Waals surface area contributed by atoms with Gasteiger partial charge in [-0.2, -0.15) is 13.2 Å². The molecule has 236 valence electrons. The minimum atomic E-state index is -4.72. The lowest BCUT2D eigenvalue weighted by Crippen LogP contribution is -2.21. The number of sulfone groups is 1. The number of nitrogens with zero attached hydrogens (tertiary/aromatic N) is 3. The lowest BCUT2D eigenvalue weighted by molar-refractivity contribution is -0.141. The molecule has 0 aliphatic rings. The third-order valence-corrected chi connectivity index (χ3v) is 7.96. The maximum absolute atomic E-state index is 15.0. The van der Waals surface area contributed by atoms with Gasteiger partial charge < -0.3 is 13.7 Å². The van der Waals surface area contributed by atoms with Crippen molar-refractivity contribution in [3.63, 3.8) is 0 Å². The molecule has 3 aromatic carbocycles. The number of benzene rings is 3. The van der Waals surface area contributed by atoms with Gasteiger partial charge in [0.05, 0.1) is 10.6 Å². The van der Waals surface area contributed by atoms with Gasteiger partial charge in [0.25, 0.3) is 0 Å². The summed E-state index contributed by atoms with van der Waals surface area (Å²) < 4.78 is 118. The van der Waals surface area contributed by atoms with Gasteiger partial charge in [-0.25, -0.2) is 31.6 Å². The maximum Gasteiger partial charge on any atom is 0.434 e. The van der Waals surface area contributed by atoms with E-state index < -0.39 is 47.0 Å². The molecule has 14 heteroatoms. The lowest BCUT2D eigenvalue weighted by atomic mass is 9.98. The summed E-state index contributed by atoms with van der Waals surface area (Å²) in [7, 11) is -3.56. The average molecular weight is 650 g/mol. The number of ether oxygens (including phenoxy) is 1. The van der Waals surface area contributed by atoms with Gasteiger partial charge in [0.2, 0.25) is 0 Å². The number of hydrogen-bond acceptors (Lipinski definition) is 6. The van der Waals surface area contributed by atoms with Crippen LogP contribution in [0.1, 0.15) is 17.4 Å². The van der Waals surface area contributed by atoms with Gasteiger partial charge >= 0.3 is 6.18 Å². The zero-order chi connectivity index (χ0) is 32.7. The first kappa shape index (κ1) is 31.8.